The Morgan fingerprint density at radius 2 is 1.68 bits per heavy atom. The van der Waals surface area contributed by atoms with Crippen LogP contribution in [0.25, 0.3) is 0 Å². The Morgan fingerprint density at radius 3 is 2.37 bits per heavy atom. The van der Waals surface area contributed by atoms with Gasteiger partial charge in [-0.05, 0) is 86.0 Å². The Kier molecular flexibility index (Phi) is 10.3. The van der Waals surface area contributed by atoms with Crippen LogP contribution in [-0.4, -0.2) is 37.1 Å². The molecule has 11 heteroatoms. The van der Waals surface area contributed by atoms with Crippen molar-refractivity contribution in [1.82, 2.24) is 5.43 Å². The highest BCUT2D eigenvalue weighted by molar-refractivity contribution is 9.10. The van der Waals surface area contributed by atoms with E-state index in [0.29, 0.717) is 34.4 Å². The number of nitrogens with zero attached hydrogens (tertiary/aromatic N) is 1. The van der Waals surface area contributed by atoms with Crippen LogP contribution in [0.3, 0.4) is 0 Å². The SMILES string of the molecule is CCOc1cc(/C=N\NC(=O)C(=O)Nc2cccc(Cl)c2)ccc1OCC(=O)Nc1c(C)cc(Br)cc1C. The van der Waals surface area contributed by atoms with Crippen molar-refractivity contribution in [2.24, 2.45) is 5.10 Å². The van der Waals surface area contributed by atoms with Gasteiger partial charge >= 0.3 is 11.8 Å². The molecular formula is C27H26BrClN4O5. The smallest absolute Gasteiger partial charge is 0.329 e. The highest BCUT2D eigenvalue weighted by Crippen LogP contribution is 2.29. The van der Waals surface area contributed by atoms with Crippen LogP contribution in [0.5, 0.6) is 11.5 Å². The van der Waals surface area contributed by atoms with E-state index in [0.717, 1.165) is 21.3 Å². The van der Waals surface area contributed by atoms with Crippen molar-refractivity contribution in [1.29, 1.82) is 0 Å². The van der Waals surface area contributed by atoms with Crippen LogP contribution in [0.15, 0.2) is 64.2 Å². The third-order valence-electron chi connectivity index (χ3n) is 5.06. The van der Waals surface area contributed by atoms with Crippen LogP contribution in [0.2, 0.25) is 5.02 Å². The molecule has 0 aromatic heterocycles. The number of nitrogens with one attached hydrogen (secondary N) is 3. The van der Waals surface area contributed by atoms with Crippen molar-refractivity contribution in [3.05, 3.63) is 80.8 Å². The van der Waals surface area contributed by atoms with Gasteiger partial charge < -0.3 is 20.1 Å². The molecule has 0 spiro atoms. The van der Waals surface area contributed by atoms with Gasteiger partial charge in [0.15, 0.2) is 18.1 Å². The first-order valence-corrected chi connectivity index (χ1v) is 12.7. The van der Waals surface area contributed by atoms with Crippen LogP contribution in [0.4, 0.5) is 11.4 Å². The summed E-state index contributed by atoms with van der Waals surface area (Å²) in [5, 5.41) is 9.56. The van der Waals surface area contributed by atoms with Gasteiger partial charge in [0.2, 0.25) is 0 Å². The zero-order valence-corrected chi connectivity index (χ0v) is 23.3. The maximum absolute atomic E-state index is 12.5. The number of benzene rings is 3. The standard InChI is InChI=1S/C27H26BrClN4O5/c1-4-37-23-12-18(14-30-33-27(36)26(35)31-21-7-5-6-20(29)13-21)8-9-22(23)38-15-24(34)32-25-16(2)10-19(28)11-17(25)3/h5-14H,4,15H2,1-3H3,(H,31,35)(H,32,34)(H,33,36)/b30-14-. The van der Waals surface area contributed by atoms with Gasteiger partial charge in [0.05, 0.1) is 12.8 Å². The van der Waals surface area contributed by atoms with E-state index in [-0.39, 0.29) is 12.5 Å². The summed E-state index contributed by atoms with van der Waals surface area (Å²) in [4.78, 5) is 36.6. The van der Waals surface area contributed by atoms with E-state index in [4.69, 9.17) is 21.1 Å². The molecule has 3 aromatic carbocycles. The first kappa shape index (κ1) is 28.7. The van der Waals surface area contributed by atoms with Gasteiger partial charge in [0.1, 0.15) is 0 Å². The second kappa shape index (κ2) is 13.6. The number of carbonyl (C=O) groups excluding carboxylic acids is 3. The zero-order chi connectivity index (χ0) is 27.7. The molecule has 0 aliphatic rings. The van der Waals surface area contributed by atoms with Gasteiger partial charge in [-0.25, -0.2) is 5.43 Å². The molecule has 0 radical (unpaired) electrons. The van der Waals surface area contributed by atoms with Crippen LogP contribution in [0, 0.1) is 13.8 Å². The Morgan fingerprint density at radius 1 is 0.947 bits per heavy atom. The minimum atomic E-state index is -0.950. The Labute approximate surface area is 233 Å². The lowest BCUT2D eigenvalue weighted by Gasteiger charge is -2.14. The van der Waals surface area contributed by atoms with Gasteiger partial charge in [0.25, 0.3) is 5.91 Å². The number of hydrazone groups is 1. The van der Waals surface area contributed by atoms with E-state index < -0.39 is 11.8 Å². The lowest BCUT2D eigenvalue weighted by atomic mass is 10.1. The highest BCUT2D eigenvalue weighted by atomic mass is 79.9. The summed E-state index contributed by atoms with van der Waals surface area (Å²) in [7, 11) is 0. The van der Waals surface area contributed by atoms with E-state index >= 15 is 0 Å². The van der Waals surface area contributed by atoms with Gasteiger partial charge in [-0.3, -0.25) is 14.4 Å². The van der Waals surface area contributed by atoms with E-state index in [1.54, 1.807) is 36.4 Å². The van der Waals surface area contributed by atoms with E-state index in [1.807, 2.05) is 32.9 Å². The quantitative estimate of drug-likeness (QED) is 0.177. The molecule has 0 heterocycles. The van der Waals surface area contributed by atoms with Crippen molar-refractivity contribution in [3.63, 3.8) is 0 Å². The molecule has 0 fully saturated rings. The number of amides is 3. The second-order valence-electron chi connectivity index (χ2n) is 8.05. The number of aryl methyl sites for hydroxylation is 2. The molecule has 0 saturated carbocycles. The average molecular weight is 602 g/mol. The summed E-state index contributed by atoms with van der Waals surface area (Å²) < 4.78 is 12.3. The van der Waals surface area contributed by atoms with Crippen LogP contribution >= 0.6 is 27.5 Å². The lowest BCUT2D eigenvalue weighted by molar-refractivity contribution is -0.136. The van der Waals surface area contributed by atoms with Crippen molar-refractivity contribution < 1.29 is 23.9 Å². The van der Waals surface area contributed by atoms with E-state index in [1.165, 1.54) is 12.3 Å². The summed E-state index contributed by atoms with van der Waals surface area (Å²) in [6, 6.07) is 15.2. The fourth-order valence-corrected chi connectivity index (χ4v) is 4.27. The normalized spacial score (nSPS) is 10.7. The van der Waals surface area contributed by atoms with Crippen molar-refractivity contribution in [2.75, 3.05) is 23.8 Å². The predicted molar refractivity (Wildman–Crippen MR) is 151 cm³/mol. The fourth-order valence-electron chi connectivity index (χ4n) is 3.39. The van der Waals surface area contributed by atoms with Gasteiger partial charge in [0, 0.05) is 20.9 Å². The first-order valence-electron chi connectivity index (χ1n) is 11.5. The summed E-state index contributed by atoms with van der Waals surface area (Å²) in [5.74, 6) is -1.40. The van der Waals surface area contributed by atoms with Gasteiger partial charge in [-0.15, -0.1) is 0 Å². The third kappa shape index (κ3) is 8.32. The number of halogens is 2. The number of anilines is 2. The number of carbonyl (C=O) groups is 3. The highest BCUT2D eigenvalue weighted by Gasteiger charge is 2.14. The van der Waals surface area contributed by atoms with Crippen molar-refractivity contribution in [2.45, 2.75) is 20.8 Å². The van der Waals surface area contributed by atoms with Gasteiger partial charge in [-0.1, -0.05) is 33.6 Å². The molecule has 3 amide bonds. The topological polar surface area (TPSA) is 118 Å². The third-order valence-corrected chi connectivity index (χ3v) is 5.75. The summed E-state index contributed by atoms with van der Waals surface area (Å²) in [5.41, 5.74) is 5.71. The molecule has 0 aliphatic carbocycles. The molecule has 38 heavy (non-hydrogen) atoms. The van der Waals surface area contributed by atoms with E-state index in [9.17, 15) is 14.4 Å². The maximum atomic E-state index is 12.5. The molecule has 0 unspecified atom stereocenters. The van der Waals surface area contributed by atoms with Crippen molar-refractivity contribution in [3.8, 4) is 11.5 Å². The van der Waals surface area contributed by atoms with Crippen molar-refractivity contribution >= 4 is 62.8 Å². The van der Waals surface area contributed by atoms with Gasteiger partial charge in [-0.2, -0.15) is 5.10 Å². The molecule has 0 bridgehead atoms. The van der Waals surface area contributed by atoms with E-state index in [2.05, 4.69) is 37.1 Å². The number of hydrogen-bond donors (Lipinski definition) is 3. The summed E-state index contributed by atoms with van der Waals surface area (Å²) >= 11 is 9.32. The minimum absolute atomic E-state index is 0.222. The monoisotopic (exact) mass is 600 g/mol. The molecule has 0 atom stereocenters. The average Bonchev–Trinajstić information content (AvgIpc) is 2.86. The molecule has 3 aromatic rings. The molecule has 3 N–H and O–H groups in total. The summed E-state index contributed by atoms with van der Waals surface area (Å²) in [6.45, 7) is 5.78. The zero-order valence-electron chi connectivity index (χ0n) is 20.9. The Balaban J connectivity index is 1.58. The first-order chi connectivity index (χ1) is 18.2. The molecule has 0 saturated heterocycles. The Hall–Kier alpha value is -3.89. The molecular weight excluding hydrogens is 576 g/mol. The lowest BCUT2D eigenvalue weighted by Crippen LogP contribution is -2.32. The largest absolute Gasteiger partial charge is 0.490 e. The number of rotatable bonds is 9. The number of hydrogen-bond acceptors (Lipinski definition) is 6. The predicted octanol–water partition coefficient (Wildman–Crippen LogP) is 5.22. The molecule has 0 aliphatic heterocycles. The summed E-state index contributed by atoms with van der Waals surface area (Å²) in [6.07, 6.45) is 1.35. The number of ether oxygens (including phenoxy) is 2. The molecule has 3 rings (SSSR count). The molecule has 9 nitrogen and oxygen atoms in total. The van der Waals surface area contributed by atoms with Crippen LogP contribution < -0.4 is 25.5 Å². The Bertz CT molecular complexity index is 1360. The van der Waals surface area contributed by atoms with Crippen LogP contribution in [0.1, 0.15) is 23.6 Å². The second-order valence-corrected chi connectivity index (χ2v) is 9.41. The fraction of sp³-hybridized carbons (Fsp3) is 0.185. The minimum Gasteiger partial charge on any atom is -0.490 e. The molecule has 198 valence electrons. The maximum Gasteiger partial charge on any atom is 0.329 e. The van der Waals surface area contributed by atoms with Crippen LogP contribution in [-0.2, 0) is 14.4 Å².